The van der Waals surface area contributed by atoms with Crippen LogP contribution in [0.3, 0.4) is 0 Å². The van der Waals surface area contributed by atoms with Gasteiger partial charge < -0.3 is 33.1 Å². The lowest BCUT2D eigenvalue weighted by Crippen LogP contribution is -2.40. The third-order valence-electron chi connectivity index (χ3n) is 6.15. The van der Waals surface area contributed by atoms with Gasteiger partial charge in [-0.2, -0.15) is 8.42 Å². The monoisotopic (exact) mass is 606 g/mol. The maximum absolute atomic E-state index is 13.4. The van der Waals surface area contributed by atoms with Gasteiger partial charge in [0.1, 0.15) is 18.1 Å². The molecule has 13 heteroatoms. The van der Waals surface area contributed by atoms with Gasteiger partial charge in [0, 0.05) is 30.9 Å². The van der Waals surface area contributed by atoms with Gasteiger partial charge in [0.25, 0.3) is 5.91 Å². The summed E-state index contributed by atoms with van der Waals surface area (Å²) in [6.45, 7) is 4.81. The van der Waals surface area contributed by atoms with Crippen molar-refractivity contribution in [1.82, 2.24) is 9.88 Å². The Labute approximate surface area is 243 Å². The number of halogens is 1. The topological polar surface area (TPSA) is 134 Å². The zero-order valence-electron chi connectivity index (χ0n) is 22.8. The van der Waals surface area contributed by atoms with E-state index in [1.807, 2.05) is 13.8 Å². The first-order chi connectivity index (χ1) is 19.6. The summed E-state index contributed by atoms with van der Waals surface area (Å²) in [6.07, 6.45) is 1.46. The molecule has 2 aromatic carbocycles. The summed E-state index contributed by atoms with van der Waals surface area (Å²) in [6, 6.07) is 10.3. The van der Waals surface area contributed by atoms with Gasteiger partial charge in [0.2, 0.25) is 5.75 Å². The zero-order valence-corrected chi connectivity index (χ0v) is 24.4. The largest absolute Gasteiger partial charge is 0.497 e. The number of nitrogens with zero attached hydrogens (tertiary/aromatic N) is 2. The number of ether oxygens (including phenoxy) is 4. The summed E-state index contributed by atoms with van der Waals surface area (Å²) >= 11 is 6.36. The lowest BCUT2D eigenvalue weighted by Gasteiger charge is -2.27. The zero-order chi connectivity index (χ0) is 29.6. The van der Waals surface area contributed by atoms with Crippen LogP contribution in [-0.2, 0) is 14.9 Å². The summed E-state index contributed by atoms with van der Waals surface area (Å²) in [5.74, 6) is -0.304. The van der Waals surface area contributed by atoms with Gasteiger partial charge >= 0.3 is 10.1 Å². The van der Waals surface area contributed by atoms with Gasteiger partial charge in [-0.25, -0.2) is 4.98 Å². The molecule has 0 bridgehead atoms. The number of morpholine rings is 1. The molecule has 220 valence electrons. The minimum absolute atomic E-state index is 0.0506. The molecule has 2 heterocycles. The van der Waals surface area contributed by atoms with E-state index < -0.39 is 16.0 Å². The van der Waals surface area contributed by atoms with Crippen LogP contribution in [0.1, 0.15) is 35.7 Å². The molecule has 0 radical (unpaired) electrons. The van der Waals surface area contributed by atoms with Crippen molar-refractivity contribution in [2.75, 3.05) is 46.6 Å². The van der Waals surface area contributed by atoms with Gasteiger partial charge in [-0.1, -0.05) is 31.5 Å². The predicted octanol–water partition coefficient (Wildman–Crippen LogP) is 4.27. The number of carbonyl (C=O) groups is 1. The van der Waals surface area contributed by atoms with Crippen molar-refractivity contribution in [3.8, 4) is 28.7 Å². The van der Waals surface area contributed by atoms with Crippen LogP contribution in [0.4, 0.5) is 0 Å². The Bertz CT molecular complexity index is 1470. The Morgan fingerprint density at radius 2 is 1.83 bits per heavy atom. The normalized spacial score (nSPS) is 13.7. The van der Waals surface area contributed by atoms with Crippen molar-refractivity contribution in [2.24, 2.45) is 0 Å². The van der Waals surface area contributed by atoms with Crippen LogP contribution in [-0.4, -0.2) is 75.9 Å². The van der Waals surface area contributed by atoms with E-state index in [1.54, 1.807) is 17.0 Å². The fourth-order valence-corrected chi connectivity index (χ4v) is 4.93. The molecule has 4 rings (SSSR count). The molecule has 11 nitrogen and oxygen atoms in total. The number of benzene rings is 2. The lowest BCUT2D eigenvalue weighted by atomic mass is 10.1. The molecule has 0 unspecified atom stereocenters. The molecule has 0 atom stereocenters. The van der Waals surface area contributed by atoms with Crippen LogP contribution < -0.4 is 18.4 Å². The minimum Gasteiger partial charge on any atom is -0.497 e. The van der Waals surface area contributed by atoms with Crippen LogP contribution >= 0.6 is 11.6 Å². The molecule has 1 aromatic heterocycles. The molecule has 0 saturated carbocycles. The molecule has 1 fully saturated rings. The van der Waals surface area contributed by atoms with Crippen molar-refractivity contribution in [1.29, 1.82) is 0 Å². The fraction of sp³-hybridized carbons (Fsp3) is 0.357. The molecule has 3 aromatic rings. The summed E-state index contributed by atoms with van der Waals surface area (Å²) in [5.41, 5.74) is 0.927. The molecule has 1 saturated heterocycles. The maximum Gasteiger partial charge on any atom is 0.357 e. The first kappa shape index (κ1) is 30.4. The van der Waals surface area contributed by atoms with E-state index in [4.69, 9.17) is 34.7 Å². The molecule has 1 amide bonds. The summed E-state index contributed by atoms with van der Waals surface area (Å²) in [7, 11) is -3.03. The first-order valence-electron chi connectivity index (χ1n) is 12.8. The second-order valence-corrected chi connectivity index (χ2v) is 11.2. The van der Waals surface area contributed by atoms with Crippen molar-refractivity contribution in [3.63, 3.8) is 0 Å². The third kappa shape index (κ3) is 7.39. The predicted molar refractivity (Wildman–Crippen MR) is 150 cm³/mol. The van der Waals surface area contributed by atoms with E-state index >= 15 is 0 Å². The highest BCUT2D eigenvalue weighted by atomic mass is 35.5. The van der Waals surface area contributed by atoms with Crippen LogP contribution in [0.15, 0.2) is 53.7 Å². The highest BCUT2D eigenvalue weighted by Crippen LogP contribution is 2.45. The number of methoxy groups -OCH3 is 1. The molecule has 1 aliphatic heterocycles. The van der Waals surface area contributed by atoms with E-state index in [1.165, 1.54) is 43.6 Å². The molecule has 41 heavy (non-hydrogen) atoms. The summed E-state index contributed by atoms with van der Waals surface area (Å²) in [5, 5.41) is 9.29. The Kier molecular flexibility index (Phi) is 9.92. The number of hydrogen-bond donors (Lipinski definition) is 1. The Morgan fingerprint density at radius 1 is 1.10 bits per heavy atom. The molecule has 0 spiro atoms. The number of rotatable bonds is 11. The number of amides is 1. The number of aliphatic hydroxyl groups is 1. The lowest BCUT2D eigenvalue weighted by molar-refractivity contribution is 0.0302. The van der Waals surface area contributed by atoms with Gasteiger partial charge in [0.05, 0.1) is 32.0 Å². The van der Waals surface area contributed by atoms with Crippen LogP contribution in [0.25, 0.3) is 0 Å². The number of hydrogen-bond acceptors (Lipinski definition) is 10. The second kappa shape index (κ2) is 13.4. The Morgan fingerprint density at radius 3 is 2.46 bits per heavy atom. The average Bonchev–Trinajstić information content (AvgIpc) is 2.98. The van der Waals surface area contributed by atoms with E-state index in [0.717, 1.165) is 5.56 Å². The van der Waals surface area contributed by atoms with E-state index in [-0.39, 0.29) is 57.7 Å². The first-order valence-corrected chi connectivity index (χ1v) is 14.6. The molecular weight excluding hydrogens is 576 g/mol. The van der Waals surface area contributed by atoms with Crippen LogP contribution in [0.2, 0.25) is 5.02 Å². The SMILES string of the molecule is COc1ccc(Cl)c(Oc2c(OCCO)cc(C(=O)N3CCOCC3)cc2OS(=O)(=O)c2ccc(C(C)C)cn2)c1. The smallest absolute Gasteiger partial charge is 0.357 e. The summed E-state index contributed by atoms with van der Waals surface area (Å²) < 4.78 is 54.7. The van der Waals surface area contributed by atoms with Crippen LogP contribution in [0.5, 0.6) is 28.7 Å². The van der Waals surface area contributed by atoms with Crippen molar-refractivity contribution in [3.05, 3.63) is 64.8 Å². The number of aromatic nitrogens is 1. The van der Waals surface area contributed by atoms with Gasteiger partial charge in [0.15, 0.2) is 16.5 Å². The molecule has 1 aliphatic rings. The van der Waals surface area contributed by atoms with Crippen molar-refractivity contribution < 1.29 is 41.4 Å². The minimum atomic E-state index is -4.50. The molecular formula is C28H31ClN2O9S. The molecule has 1 N–H and O–H groups in total. The second-order valence-electron chi connectivity index (χ2n) is 9.30. The summed E-state index contributed by atoms with van der Waals surface area (Å²) in [4.78, 5) is 19.0. The average molecular weight is 607 g/mol. The number of carbonyl (C=O) groups excluding carboxylic acids is 1. The quantitative estimate of drug-likeness (QED) is 0.315. The van der Waals surface area contributed by atoms with E-state index in [9.17, 15) is 18.3 Å². The van der Waals surface area contributed by atoms with Gasteiger partial charge in [-0.3, -0.25) is 4.79 Å². The van der Waals surface area contributed by atoms with Gasteiger partial charge in [-0.15, -0.1) is 0 Å². The Hall–Kier alpha value is -3.58. The highest BCUT2D eigenvalue weighted by molar-refractivity contribution is 7.87. The van der Waals surface area contributed by atoms with E-state index in [2.05, 4.69) is 4.98 Å². The van der Waals surface area contributed by atoms with Crippen molar-refractivity contribution >= 4 is 27.6 Å². The Balaban J connectivity index is 1.83. The van der Waals surface area contributed by atoms with Crippen molar-refractivity contribution in [2.45, 2.75) is 24.8 Å². The molecule has 0 aliphatic carbocycles. The fourth-order valence-electron chi connectivity index (χ4n) is 3.92. The standard InChI is InChI=1S/C28H31ClN2O9S/c1-18(2)19-4-7-26(30-17-19)41(34,35)40-25-15-20(28(33)31-8-11-37-12-9-31)14-24(38-13-10-32)27(25)39-23-16-21(36-3)5-6-22(23)29/h4-7,14-18,32H,8-13H2,1-3H3. The number of pyridine rings is 1. The van der Waals surface area contributed by atoms with Crippen LogP contribution in [0, 0.1) is 0 Å². The number of aliphatic hydroxyl groups excluding tert-OH is 1. The van der Waals surface area contributed by atoms with E-state index in [0.29, 0.717) is 32.1 Å². The maximum atomic E-state index is 13.4. The van der Waals surface area contributed by atoms with Gasteiger partial charge in [-0.05, 0) is 41.8 Å². The third-order valence-corrected chi connectivity index (χ3v) is 7.61. The highest BCUT2D eigenvalue weighted by Gasteiger charge is 2.28.